The van der Waals surface area contributed by atoms with Gasteiger partial charge < -0.3 is 0 Å². The van der Waals surface area contributed by atoms with E-state index in [1.165, 1.54) is 49.0 Å². The average molecular weight is 372 g/mol. The van der Waals surface area contributed by atoms with Crippen LogP contribution < -0.4 is 0 Å². The number of sulfone groups is 1. The molecule has 1 aliphatic carbocycles. The number of nitrogens with zero attached hydrogens (tertiary/aromatic N) is 1. The highest BCUT2D eigenvalue weighted by Crippen LogP contribution is 2.33. The quantitative estimate of drug-likeness (QED) is 0.815. The van der Waals surface area contributed by atoms with Crippen LogP contribution in [0.1, 0.15) is 50.0 Å². The number of benzene rings is 1. The Hall–Kier alpha value is -0.920. The van der Waals surface area contributed by atoms with Gasteiger partial charge in [0.05, 0.1) is 16.4 Å². The van der Waals surface area contributed by atoms with Crippen molar-refractivity contribution in [2.45, 2.75) is 55.4 Å². The van der Waals surface area contributed by atoms with E-state index in [4.69, 9.17) is 0 Å². The molecule has 5 nitrogen and oxygen atoms in total. The summed E-state index contributed by atoms with van der Waals surface area (Å²) in [5, 5.41) is 0. The summed E-state index contributed by atoms with van der Waals surface area (Å²) in [4.78, 5) is 0.244. The van der Waals surface area contributed by atoms with Crippen LogP contribution in [0.4, 0.5) is 0 Å². The van der Waals surface area contributed by atoms with E-state index in [2.05, 4.69) is 0 Å². The van der Waals surface area contributed by atoms with E-state index in [0.29, 0.717) is 12.3 Å². The van der Waals surface area contributed by atoms with Gasteiger partial charge in [-0.05, 0) is 42.9 Å². The number of rotatable bonds is 4. The van der Waals surface area contributed by atoms with Crippen molar-refractivity contribution in [1.82, 2.24) is 4.31 Å². The van der Waals surface area contributed by atoms with Gasteiger partial charge in [-0.25, -0.2) is 16.8 Å². The van der Waals surface area contributed by atoms with Gasteiger partial charge in [0, 0.05) is 13.1 Å². The van der Waals surface area contributed by atoms with Crippen molar-refractivity contribution in [2.24, 2.45) is 0 Å². The Bertz CT molecular complexity index is 778. The zero-order valence-electron chi connectivity index (χ0n) is 14.0. The topological polar surface area (TPSA) is 71.5 Å². The van der Waals surface area contributed by atoms with Crippen molar-refractivity contribution in [3.8, 4) is 0 Å². The van der Waals surface area contributed by atoms with Crippen molar-refractivity contribution in [2.75, 3.05) is 18.6 Å². The van der Waals surface area contributed by atoms with Crippen molar-refractivity contribution >= 4 is 19.9 Å². The average Bonchev–Trinajstić information content (AvgIpc) is 2.95. The molecule has 1 aromatic rings. The van der Waals surface area contributed by atoms with Crippen LogP contribution >= 0.6 is 0 Å². The van der Waals surface area contributed by atoms with Crippen LogP contribution in [-0.4, -0.2) is 45.7 Å². The highest BCUT2D eigenvalue weighted by Gasteiger charge is 2.36. The van der Waals surface area contributed by atoms with Crippen molar-refractivity contribution in [3.63, 3.8) is 0 Å². The molecular weight excluding hydrogens is 346 g/mol. The van der Waals surface area contributed by atoms with Gasteiger partial charge in [-0.15, -0.1) is 0 Å². The summed E-state index contributed by atoms with van der Waals surface area (Å²) < 4.78 is 49.9. The molecule has 1 heterocycles. The van der Waals surface area contributed by atoms with Crippen LogP contribution in [-0.2, 0) is 19.9 Å². The van der Waals surface area contributed by atoms with Crippen LogP contribution in [0.25, 0.3) is 0 Å². The van der Waals surface area contributed by atoms with Crippen LogP contribution in [0.3, 0.4) is 0 Å². The minimum atomic E-state index is -3.65. The SMILES string of the molecule is CN([C@@H]1CCS(=O)(=O)C1)S(=O)(=O)c1ccc(C2CCCCC2)cc1. The first-order valence-electron chi connectivity index (χ1n) is 8.58. The molecule has 2 aliphatic rings. The molecule has 0 aromatic heterocycles. The predicted molar refractivity (Wildman–Crippen MR) is 94.3 cm³/mol. The Morgan fingerprint density at radius 1 is 1.00 bits per heavy atom. The molecule has 1 saturated carbocycles. The molecule has 3 rings (SSSR count). The van der Waals surface area contributed by atoms with E-state index in [0.717, 1.165) is 0 Å². The molecule has 0 radical (unpaired) electrons. The lowest BCUT2D eigenvalue weighted by molar-refractivity contribution is 0.394. The van der Waals surface area contributed by atoms with Crippen LogP contribution in [0, 0.1) is 0 Å². The highest BCUT2D eigenvalue weighted by atomic mass is 32.2. The Kier molecular flexibility index (Phi) is 5.04. The standard InChI is InChI=1S/C17H25NO4S2/c1-18(16-11-12-23(19,20)13-16)24(21,22)17-9-7-15(8-10-17)14-5-3-2-4-6-14/h7-10,14,16H,2-6,11-13H2,1H3/t16-/m1/s1. The summed E-state index contributed by atoms with van der Waals surface area (Å²) in [6, 6.07) is 6.71. The summed E-state index contributed by atoms with van der Waals surface area (Å²) in [6.45, 7) is 0. The Labute approximate surface area is 145 Å². The normalized spacial score (nSPS) is 25.2. The Morgan fingerprint density at radius 2 is 1.62 bits per heavy atom. The van der Waals surface area contributed by atoms with Gasteiger partial charge in [-0.3, -0.25) is 0 Å². The lowest BCUT2D eigenvalue weighted by atomic mass is 9.84. The third-order valence-corrected chi connectivity index (χ3v) is 9.03. The minimum Gasteiger partial charge on any atom is -0.229 e. The van der Waals surface area contributed by atoms with Gasteiger partial charge in [0.2, 0.25) is 10.0 Å². The second kappa shape index (κ2) is 6.77. The molecule has 0 N–H and O–H groups in total. The molecule has 24 heavy (non-hydrogen) atoms. The molecule has 0 amide bonds. The van der Waals surface area contributed by atoms with Crippen LogP contribution in [0.2, 0.25) is 0 Å². The zero-order chi connectivity index (χ0) is 17.4. The van der Waals surface area contributed by atoms with Crippen molar-refractivity contribution in [1.29, 1.82) is 0 Å². The molecule has 1 atom stereocenters. The van der Waals surface area contributed by atoms with E-state index in [9.17, 15) is 16.8 Å². The predicted octanol–water partition coefficient (Wildman–Crippen LogP) is 2.54. The fourth-order valence-electron chi connectivity index (χ4n) is 3.77. The van der Waals surface area contributed by atoms with E-state index in [1.54, 1.807) is 12.1 Å². The van der Waals surface area contributed by atoms with Crippen molar-refractivity contribution in [3.05, 3.63) is 29.8 Å². The molecule has 1 aliphatic heterocycles. The maximum absolute atomic E-state index is 12.7. The lowest BCUT2D eigenvalue weighted by Gasteiger charge is -2.24. The third-order valence-electron chi connectivity index (χ3n) is 5.36. The molecular formula is C17H25NO4S2. The Morgan fingerprint density at radius 3 is 2.17 bits per heavy atom. The number of hydrogen-bond donors (Lipinski definition) is 0. The number of hydrogen-bond acceptors (Lipinski definition) is 4. The lowest BCUT2D eigenvalue weighted by Crippen LogP contribution is -2.37. The summed E-state index contributed by atoms with van der Waals surface area (Å²) in [6.07, 6.45) is 6.49. The fourth-order valence-corrected chi connectivity index (χ4v) is 7.03. The second-order valence-electron chi connectivity index (χ2n) is 6.98. The molecule has 0 unspecified atom stereocenters. The maximum Gasteiger partial charge on any atom is 0.243 e. The minimum absolute atomic E-state index is 0.0676. The van der Waals surface area contributed by atoms with Gasteiger partial charge >= 0.3 is 0 Å². The molecule has 0 bridgehead atoms. The summed E-state index contributed by atoms with van der Waals surface area (Å²) in [5.74, 6) is 0.523. The smallest absolute Gasteiger partial charge is 0.229 e. The Balaban J connectivity index is 1.77. The van der Waals surface area contributed by atoms with E-state index >= 15 is 0 Å². The number of sulfonamides is 1. The molecule has 134 valence electrons. The first kappa shape index (κ1) is 17.9. The fraction of sp³-hybridized carbons (Fsp3) is 0.647. The van der Waals surface area contributed by atoms with E-state index in [1.807, 2.05) is 12.1 Å². The molecule has 0 spiro atoms. The maximum atomic E-state index is 12.7. The summed E-state index contributed by atoms with van der Waals surface area (Å²) >= 11 is 0. The largest absolute Gasteiger partial charge is 0.243 e. The first-order valence-corrected chi connectivity index (χ1v) is 11.8. The summed E-state index contributed by atoms with van der Waals surface area (Å²) in [7, 11) is -5.28. The highest BCUT2D eigenvalue weighted by molar-refractivity contribution is 7.92. The molecule has 7 heteroatoms. The van der Waals surface area contributed by atoms with E-state index < -0.39 is 25.9 Å². The second-order valence-corrected chi connectivity index (χ2v) is 11.2. The van der Waals surface area contributed by atoms with Gasteiger partial charge in [0.25, 0.3) is 0 Å². The first-order chi connectivity index (χ1) is 11.3. The van der Waals surface area contributed by atoms with Gasteiger partial charge in [0.1, 0.15) is 0 Å². The van der Waals surface area contributed by atoms with Crippen molar-refractivity contribution < 1.29 is 16.8 Å². The molecule has 1 saturated heterocycles. The third kappa shape index (κ3) is 3.68. The van der Waals surface area contributed by atoms with Crippen LogP contribution in [0.15, 0.2) is 29.2 Å². The van der Waals surface area contributed by atoms with Gasteiger partial charge in [-0.2, -0.15) is 4.31 Å². The van der Waals surface area contributed by atoms with E-state index in [-0.39, 0.29) is 16.4 Å². The van der Waals surface area contributed by atoms with Gasteiger partial charge in [-0.1, -0.05) is 31.4 Å². The van der Waals surface area contributed by atoms with Gasteiger partial charge in [0.15, 0.2) is 9.84 Å². The van der Waals surface area contributed by atoms with Crippen LogP contribution in [0.5, 0.6) is 0 Å². The summed E-state index contributed by atoms with van der Waals surface area (Å²) in [5.41, 5.74) is 1.21. The monoisotopic (exact) mass is 371 g/mol. The molecule has 1 aromatic carbocycles. The molecule has 2 fully saturated rings. The zero-order valence-corrected chi connectivity index (χ0v) is 15.7.